The number of esters is 1. The molecule has 2 aliphatic rings. The summed E-state index contributed by atoms with van der Waals surface area (Å²) in [7, 11) is 0. The van der Waals surface area contributed by atoms with Gasteiger partial charge < -0.3 is 10.1 Å². The second-order valence-corrected chi connectivity index (χ2v) is 6.21. The molecule has 6 heteroatoms. The van der Waals surface area contributed by atoms with Crippen LogP contribution >= 0.6 is 0 Å². The van der Waals surface area contributed by atoms with E-state index in [9.17, 15) is 14.4 Å². The van der Waals surface area contributed by atoms with Crippen molar-refractivity contribution < 1.29 is 19.1 Å². The number of Topliss-reactive ketones (excluding diaryl/α,β-unsaturated/α-hetero) is 2. The van der Waals surface area contributed by atoms with Crippen molar-refractivity contribution in [1.82, 2.24) is 0 Å². The van der Waals surface area contributed by atoms with E-state index in [1.807, 2.05) is 0 Å². The van der Waals surface area contributed by atoms with Crippen molar-refractivity contribution in [3.63, 3.8) is 0 Å². The van der Waals surface area contributed by atoms with Gasteiger partial charge in [0.15, 0.2) is 12.4 Å². The Kier molecular flexibility index (Phi) is 5.07. The molecule has 2 bridgehead atoms. The Balaban J connectivity index is 1.88. The molecule has 0 aromatic rings. The second kappa shape index (κ2) is 6.82. The molecule has 0 aliphatic heterocycles. The highest BCUT2D eigenvalue weighted by molar-refractivity contribution is 6.06. The third-order valence-corrected chi connectivity index (χ3v) is 4.62. The topological polar surface area (TPSA) is 108 Å². The lowest BCUT2D eigenvalue weighted by Gasteiger charge is -2.36. The standard InChI is InChI=1S/C16H20N2O4/c1-9(18)13(7-17)14(19)8-22-16(21)12-5-10-3-2-4-11(6-12)15(10)20/h10-13,18H,2-6,8H2,1H3/t10-,11+,12?,13?. The first kappa shape index (κ1) is 16.3. The van der Waals surface area contributed by atoms with E-state index in [1.54, 1.807) is 6.07 Å². The minimum atomic E-state index is -1.15. The molecule has 0 radical (unpaired) electrons. The number of carbonyl (C=O) groups excluding carboxylic acids is 3. The average molecular weight is 304 g/mol. The summed E-state index contributed by atoms with van der Waals surface area (Å²) < 4.78 is 5.03. The van der Waals surface area contributed by atoms with Gasteiger partial charge in [0.25, 0.3) is 0 Å². The van der Waals surface area contributed by atoms with Gasteiger partial charge in [-0.05, 0) is 32.6 Å². The highest BCUT2D eigenvalue weighted by atomic mass is 16.5. The van der Waals surface area contributed by atoms with Gasteiger partial charge in [-0.2, -0.15) is 5.26 Å². The number of hydrogen-bond acceptors (Lipinski definition) is 6. The third kappa shape index (κ3) is 3.41. The van der Waals surface area contributed by atoms with Crippen molar-refractivity contribution >= 4 is 23.2 Å². The first-order chi connectivity index (χ1) is 10.4. The monoisotopic (exact) mass is 304 g/mol. The van der Waals surface area contributed by atoms with E-state index in [1.165, 1.54) is 6.92 Å². The molecule has 6 nitrogen and oxygen atoms in total. The van der Waals surface area contributed by atoms with Crippen LogP contribution in [0.3, 0.4) is 0 Å². The Labute approximate surface area is 129 Å². The average Bonchev–Trinajstić information content (AvgIpc) is 2.44. The fourth-order valence-corrected chi connectivity index (χ4v) is 3.43. The van der Waals surface area contributed by atoms with Crippen molar-refractivity contribution in [1.29, 1.82) is 10.7 Å². The largest absolute Gasteiger partial charge is 0.457 e. The number of carbonyl (C=O) groups is 3. The zero-order valence-electron chi connectivity index (χ0n) is 12.6. The van der Waals surface area contributed by atoms with Crippen LogP contribution in [0.4, 0.5) is 0 Å². The van der Waals surface area contributed by atoms with Crippen LogP contribution in [-0.2, 0) is 19.1 Å². The summed E-state index contributed by atoms with van der Waals surface area (Å²) in [6.45, 7) is 0.897. The number of ketones is 2. The minimum absolute atomic E-state index is 0.0450. The molecule has 22 heavy (non-hydrogen) atoms. The van der Waals surface area contributed by atoms with Crippen molar-refractivity contribution in [2.24, 2.45) is 23.7 Å². The molecule has 2 rings (SSSR count). The Bertz CT molecular complexity index is 533. The van der Waals surface area contributed by atoms with E-state index in [4.69, 9.17) is 15.4 Å². The zero-order valence-corrected chi connectivity index (χ0v) is 12.6. The molecule has 118 valence electrons. The van der Waals surface area contributed by atoms with Gasteiger partial charge in [0.1, 0.15) is 11.7 Å². The fourth-order valence-electron chi connectivity index (χ4n) is 3.43. The SMILES string of the molecule is CC(=N)C(C#N)C(=O)COC(=O)C1C[C@H]2CCC[C@@H](C1)C2=O. The molecule has 1 N–H and O–H groups in total. The summed E-state index contributed by atoms with van der Waals surface area (Å²) in [4.78, 5) is 35.8. The molecule has 2 aliphatic carbocycles. The zero-order chi connectivity index (χ0) is 16.3. The fraction of sp³-hybridized carbons (Fsp3) is 0.688. The van der Waals surface area contributed by atoms with E-state index >= 15 is 0 Å². The van der Waals surface area contributed by atoms with Crippen molar-refractivity contribution in [3.8, 4) is 6.07 Å². The van der Waals surface area contributed by atoms with E-state index in [0.717, 1.165) is 19.3 Å². The maximum absolute atomic E-state index is 12.1. The second-order valence-electron chi connectivity index (χ2n) is 6.21. The molecule has 2 fully saturated rings. The van der Waals surface area contributed by atoms with E-state index < -0.39 is 24.3 Å². The van der Waals surface area contributed by atoms with Gasteiger partial charge in [0.05, 0.1) is 12.0 Å². The van der Waals surface area contributed by atoms with Crippen LogP contribution in [0.1, 0.15) is 39.0 Å². The van der Waals surface area contributed by atoms with Gasteiger partial charge in [-0.1, -0.05) is 6.42 Å². The van der Waals surface area contributed by atoms with Crippen LogP contribution in [-0.4, -0.2) is 29.9 Å². The Hall–Kier alpha value is -2.03. The normalized spacial score (nSPS) is 28.4. The van der Waals surface area contributed by atoms with E-state index in [2.05, 4.69) is 0 Å². The van der Waals surface area contributed by atoms with Gasteiger partial charge in [0.2, 0.25) is 0 Å². The van der Waals surface area contributed by atoms with Crippen LogP contribution in [0.5, 0.6) is 0 Å². The predicted molar refractivity (Wildman–Crippen MR) is 77.0 cm³/mol. The van der Waals surface area contributed by atoms with Crippen LogP contribution in [0.2, 0.25) is 0 Å². The van der Waals surface area contributed by atoms with Crippen LogP contribution in [0.25, 0.3) is 0 Å². The Morgan fingerprint density at radius 2 is 1.95 bits per heavy atom. The van der Waals surface area contributed by atoms with Crippen LogP contribution in [0, 0.1) is 40.4 Å². The van der Waals surface area contributed by atoms with E-state index in [0.29, 0.717) is 12.8 Å². The Morgan fingerprint density at radius 3 is 2.45 bits per heavy atom. The Morgan fingerprint density at radius 1 is 1.36 bits per heavy atom. The molecule has 2 unspecified atom stereocenters. The summed E-state index contributed by atoms with van der Waals surface area (Å²) in [5, 5.41) is 16.2. The number of fused-ring (bicyclic) bond motifs is 2. The van der Waals surface area contributed by atoms with Gasteiger partial charge in [-0.3, -0.25) is 14.4 Å². The molecule has 0 spiro atoms. The number of hydrogen-bond donors (Lipinski definition) is 1. The molecular weight excluding hydrogens is 284 g/mol. The number of nitriles is 1. The molecule has 4 atom stereocenters. The number of ether oxygens (including phenoxy) is 1. The molecule has 0 heterocycles. The van der Waals surface area contributed by atoms with Crippen molar-refractivity contribution in [2.45, 2.75) is 39.0 Å². The third-order valence-electron chi connectivity index (χ3n) is 4.62. The maximum atomic E-state index is 12.1. The number of nitrogens with zero attached hydrogens (tertiary/aromatic N) is 1. The first-order valence-corrected chi connectivity index (χ1v) is 7.61. The summed E-state index contributed by atoms with van der Waals surface area (Å²) in [6, 6.07) is 1.73. The summed E-state index contributed by atoms with van der Waals surface area (Å²) in [6.07, 6.45) is 3.72. The molecule has 0 aromatic carbocycles. The quantitative estimate of drug-likeness (QED) is 0.614. The lowest BCUT2D eigenvalue weighted by Crippen LogP contribution is -2.40. The summed E-state index contributed by atoms with van der Waals surface area (Å²) in [5.74, 6) is -2.33. The van der Waals surface area contributed by atoms with Gasteiger partial charge in [-0.25, -0.2) is 0 Å². The van der Waals surface area contributed by atoms with Crippen LogP contribution in [0.15, 0.2) is 0 Å². The predicted octanol–water partition coefficient (Wildman–Crippen LogP) is 1.67. The molecule has 0 saturated heterocycles. The van der Waals surface area contributed by atoms with Gasteiger partial charge >= 0.3 is 5.97 Å². The summed E-state index contributed by atoms with van der Waals surface area (Å²) >= 11 is 0. The van der Waals surface area contributed by atoms with Crippen molar-refractivity contribution in [2.75, 3.05) is 6.61 Å². The highest BCUT2D eigenvalue weighted by Crippen LogP contribution is 2.40. The van der Waals surface area contributed by atoms with Gasteiger partial charge in [-0.15, -0.1) is 0 Å². The minimum Gasteiger partial charge on any atom is -0.457 e. The summed E-state index contributed by atoms with van der Waals surface area (Å²) in [5.41, 5.74) is -0.0543. The number of nitrogens with one attached hydrogen (secondary N) is 1. The lowest BCUT2D eigenvalue weighted by molar-refractivity contribution is -0.156. The lowest BCUT2D eigenvalue weighted by atomic mass is 9.67. The molecule has 0 aromatic heterocycles. The molecule has 2 saturated carbocycles. The molecule has 0 amide bonds. The van der Waals surface area contributed by atoms with Crippen molar-refractivity contribution in [3.05, 3.63) is 0 Å². The van der Waals surface area contributed by atoms with Crippen LogP contribution < -0.4 is 0 Å². The number of rotatable bonds is 5. The maximum Gasteiger partial charge on any atom is 0.309 e. The smallest absolute Gasteiger partial charge is 0.309 e. The molecular formula is C16H20N2O4. The van der Waals surface area contributed by atoms with E-state index in [-0.39, 0.29) is 29.2 Å². The highest BCUT2D eigenvalue weighted by Gasteiger charge is 2.42. The first-order valence-electron chi connectivity index (χ1n) is 7.61. The van der Waals surface area contributed by atoms with Gasteiger partial charge in [0, 0.05) is 17.5 Å².